The molecule has 1 fully saturated rings. The zero-order chi connectivity index (χ0) is 17.9. The lowest BCUT2D eigenvalue weighted by atomic mass is 10.1. The minimum absolute atomic E-state index is 0. The van der Waals surface area contributed by atoms with Crippen LogP contribution in [-0.2, 0) is 4.74 Å². The van der Waals surface area contributed by atoms with Crippen LogP contribution in [-0.4, -0.2) is 56.7 Å². The number of benzene rings is 1. The van der Waals surface area contributed by atoms with Gasteiger partial charge in [0.05, 0.1) is 6.54 Å². The standard InChI is InChI=1S/C20H34N4O.HI/c1-4-13-24-14-11-18(12-15-24)23-20(21-5-2)22-16-19(25-3)17-9-7-6-8-10-17;/h6-10,18-19H,4-5,11-16H2,1-3H3,(H2,21,22,23);1H. The van der Waals surface area contributed by atoms with Crippen LogP contribution in [0.5, 0.6) is 0 Å². The van der Waals surface area contributed by atoms with E-state index in [4.69, 9.17) is 9.73 Å². The monoisotopic (exact) mass is 474 g/mol. The van der Waals surface area contributed by atoms with Crippen molar-refractivity contribution in [3.8, 4) is 0 Å². The average Bonchev–Trinajstić information content (AvgIpc) is 2.65. The topological polar surface area (TPSA) is 48.9 Å². The molecule has 1 saturated heterocycles. The fourth-order valence-corrected chi connectivity index (χ4v) is 3.29. The van der Waals surface area contributed by atoms with Gasteiger partial charge in [-0.2, -0.15) is 0 Å². The fraction of sp³-hybridized carbons (Fsp3) is 0.650. The number of rotatable bonds is 8. The van der Waals surface area contributed by atoms with E-state index in [-0.39, 0.29) is 30.1 Å². The molecule has 1 heterocycles. The molecule has 0 bridgehead atoms. The Morgan fingerprint density at radius 3 is 2.50 bits per heavy atom. The highest BCUT2D eigenvalue weighted by molar-refractivity contribution is 14.0. The Morgan fingerprint density at radius 1 is 1.23 bits per heavy atom. The Morgan fingerprint density at radius 2 is 1.92 bits per heavy atom. The smallest absolute Gasteiger partial charge is 0.191 e. The van der Waals surface area contributed by atoms with Gasteiger partial charge < -0.3 is 20.3 Å². The van der Waals surface area contributed by atoms with E-state index >= 15 is 0 Å². The summed E-state index contributed by atoms with van der Waals surface area (Å²) >= 11 is 0. The summed E-state index contributed by atoms with van der Waals surface area (Å²) in [5, 5.41) is 6.97. The summed E-state index contributed by atoms with van der Waals surface area (Å²) in [6, 6.07) is 10.8. The van der Waals surface area contributed by atoms with E-state index in [0.29, 0.717) is 12.6 Å². The first-order valence-corrected chi connectivity index (χ1v) is 9.61. The minimum Gasteiger partial charge on any atom is -0.375 e. The van der Waals surface area contributed by atoms with Crippen molar-refractivity contribution in [1.82, 2.24) is 15.5 Å². The normalized spacial score (nSPS) is 17.4. The maximum atomic E-state index is 5.63. The van der Waals surface area contributed by atoms with Crippen LogP contribution >= 0.6 is 24.0 Å². The summed E-state index contributed by atoms with van der Waals surface area (Å²) < 4.78 is 5.63. The zero-order valence-electron chi connectivity index (χ0n) is 16.4. The molecule has 0 aromatic heterocycles. The molecular formula is C20H35IN4O. The molecule has 0 amide bonds. The summed E-state index contributed by atoms with van der Waals surface area (Å²) in [6.07, 6.45) is 3.58. The Hall–Kier alpha value is -0.860. The second kappa shape index (κ2) is 13.3. The van der Waals surface area contributed by atoms with Gasteiger partial charge in [-0.05, 0) is 38.3 Å². The van der Waals surface area contributed by atoms with Gasteiger partial charge >= 0.3 is 0 Å². The van der Waals surface area contributed by atoms with Crippen LogP contribution in [0.1, 0.15) is 44.8 Å². The van der Waals surface area contributed by atoms with Crippen LogP contribution in [0.2, 0.25) is 0 Å². The molecule has 1 aliphatic rings. The molecule has 0 saturated carbocycles. The van der Waals surface area contributed by atoms with Gasteiger partial charge in [-0.1, -0.05) is 37.3 Å². The third-order valence-electron chi connectivity index (χ3n) is 4.68. The van der Waals surface area contributed by atoms with Gasteiger partial charge in [0.2, 0.25) is 0 Å². The molecule has 1 aliphatic heterocycles. The molecule has 0 aliphatic carbocycles. The molecular weight excluding hydrogens is 439 g/mol. The van der Waals surface area contributed by atoms with Crippen molar-refractivity contribution in [3.05, 3.63) is 35.9 Å². The SMILES string of the molecule is CCCN1CCC(NC(=NCC(OC)c2ccccc2)NCC)CC1.I. The van der Waals surface area contributed by atoms with E-state index in [0.717, 1.165) is 18.1 Å². The fourth-order valence-electron chi connectivity index (χ4n) is 3.29. The van der Waals surface area contributed by atoms with E-state index in [1.165, 1.54) is 38.9 Å². The highest BCUT2D eigenvalue weighted by Crippen LogP contribution is 2.16. The first kappa shape index (κ1) is 23.2. The maximum absolute atomic E-state index is 5.63. The van der Waals surface area contributed by atoms with Gasteiger partial charge in [0.1, 0.15) is 6.10 Å². The lowest BCUT2D eigenvalue weighted by Crippen LogP contribution is -2.48. The maximum Gasteiger partial charge on any atom is 0.191 e. The lowest BCUT2D eigenvalue weighted by molar-refractivity contribution is 0.111. The molecule has 5 nitrogen and oxygen atoms in total. The quantitative estimate of drug-likeness (QED) is 0.345. The number of hydrogen-bond donors (Lipinski definition) is 2. The number of hydrogen-bond acceptors (Lipinski definition) is 3. The van der Waals surface area contributed by atoms with Crippen molar-refractivity contribution >= 4 is 29.9 Å². The molecule has 2 rings (SSSR count). The average molecular weight is 474 g/mol. The van der Waals surface area contributed by atoms with Crippen molar-refractivity contribution in [1.29, 1.82) is 0 Å². The molecule has 1 aromatic carbocycles. The first-order chi connectivity index (χ1) is 12.3. The number of guanidine groups is 1. The number of nitrogens with one attached hydrogen (secondary N) is 2. The number of ether oxygens (including phenoxy) is 1. The number of halogens is 1. The van der Waals surface area contributed by atoms with Crippen LogP contribution in [0.15, 0.2) is 35.3 Å². The Balaban J connectivity index is 0.00000338. The Bertz CT molecular complexity index is 504. The number of piperidine rings is 1. The van der Waals surface area contributed by atoms with Gasteiger partial charge in [-0.25, -0.2) is 0 Å². The van der Waals surface area contributed by atoms with Crippen molar-refractivity contribution in [2.45, 2.75) is 45.3 Å². The highest BCUT2D eigenvalue weighted by Gasteiger charge is 2.19. The summed E-state index contributed by atoms with van der Waals surface area (Å²) in [5.41, 5.74) is 1.16. The van der Waals surface area contributed by atoms with E-state index in [9.17, 15) is 0 Å². The molecule has 1 unspecified atom stereocenters. The molecule has 148 valence electrons. The highest BCUT2D eigenvalue weighted by atomic mass is 127. The minimum atomic E-state index is -0.0111. The lowest BCUT2D eigenvalue weighted by Gasteiger charge is -2.32. The van der Waals surface area contributed by atoms with Crippen LogP contribution in [0.25, 0.3) is 0 Å². The van der Waals surface area contributed by atoms with Gasteiger partial charge in [0.25, 0.3) is 0 Å². The largest absolute Gasteiger partial charge is 0.375 e. The third kappa shape index (κ3) is 7.80. The summed E-state index contributed by atoms with van der Waals surface area (Å²) in [7, 11) is 1.75. The number of methoxy groups -OCH3 is 1. The van der Waals surface area contributed by atoms with Crippen LogP contribution in [0.3, 0.4) is 0 Å². The van der Waals surface area contributed by atoms with Gasteiger partial charge in [0.15, 0.2) is 5.96 Å². The van der Waals surface area contributed by atoms with Crippen molar-refractivity contribution < 1.29 is 4.74 Å². The Kier molecular flexibility index (Phi) is 11.9. The number of nitrogens with zero attached hydrogens (tertiary/aromatic N) is 2. The molecule has 1 atom stereocenters. The van der Waals surface area contributed by atoms with Crippen molar-refractivity contribution in [3.63, 3.8) is 0 Å². The van der Waals surface area contributed by atoms with Crippen LogP contribution in [0.4, 0.5) is 0 Å². The van der Waals surface area contributed by atoms with E-state index in [2.05, 4.69) is 41.5 Å². The predicted octanol–water partition coefficient (Wildman–Crippen LogP) is 3.42. The molecule has 0 spiro atoms. The molecule has 26 heavy (non-hydrogen) atoms. The van der Waals surface area contributed by atoms with Gasteiger partial charge in [0, 0.05) is 32.8 Å². The van der Waals surface area contributed by atoms with Crippen LogP contribution in [0, 0.1) is 0 Å². The van der Waals surface area contributed by atoms with E-state index < -0.39 is 0 Å². The molecule has 6 heteroatoms. The van der Waals surface area contributed by atoms with E-state index in [1.54, 1.807) is 7.11 Å². The molecule has 1 aromatic rings. The van der Waals surface area contributed by atoms with Crippen LogP contribution < -0.4 is 10.6 Å². The summed E-state index contributed by atoms with van der Waals surface area (Å²) in [6.45, 7) is 9.40. The summed E-state index contributed by atoms with van der Waals surface area (Å²) in [5.74, 6) is 0.898. The van der Waals surface area contributed by atoms with Gasteiger partial charge in [-0.15, -0.1) is 24.0 Å². The van der Waals surface area contributed by atoms with Gasteiger partial charge in [-0.3, -0.25) is 4.99 Å². The summed E-state index contributed by atoms with van der Waals surface area (Å²) in [4.78, 5) is 7.32. The van der Waals surface area contributed by atoms with E-state index in [1.807, 2.05) is 18.2 Å². The van der Waals surface area contributed by atoms with Crippen molar-refractivity contribution in [2.75, 3.05) is 39.8 Å². The number of aliphatic imine (C=N–C) groups is 1. The second-order valence-electron chi connectivity index (χ2n) is 6.61. The van der Waals surface area contributed by atoms with Crippen molar-refractivity contribution in [2.24, 2.45) is 4.99 Å². The molecule has 2 N–H and O–H groups in total. The predicted molar refractivity (Wildman–Crippen MR) is 120 cm³/mol. The Labute approximate surface area is 176 Å². The zero-order valence-corrected chi connectivity index (χ0v) is 18.7. The molecule has 0 radical (unpaired) electrons. The number of likely N-dealkylation sites (tertiary alicyclic amines) is 1. The first-order valence-electron chi connectivity index (χ1n) is 9.61. The third-order valence-corrected chi connectivity index (χ3v) is 4.68. The second-order valence-corrected chi connectivity index (χ2v) is 6.61.